The largest absolute Gasteiger partial charge is 0.491 e. The molecule has 374 valence electrons. The third-order valence-corrected chi connectivity index (χ3v) is 16.5. The van der Waals surface area contributed by atoms with Crippen LogP contribution in [-0.2, 0) is 21.6 Å². The Kier molecular flexibility index (Phi) is 14.8. The van der Waals surface area contributed by atoms with Gasteiger partial charge in [-0.05, 0) is 105 Å². The van der Waals surface area contributed by atoms with E-state index in [9.17, 15) is 14.3 Å². The summed E-state index contributed by atoms with van der Waals surface area (Å²) >= 11 is 0. The number of hydrogen-bond donors (Lipinski definition) is 2. The van der Waals surface area contributed by atoms with Gasteiger partial charge in [0.25, 0.3) is 5.24 Å². The van der Waals surface area contributed by atoms with Gasteiger partial charge in [-0.25, -0.2) is 27.6 Å². The number of aromatic carboxylic acids is 1. The minimum atomic E-state index is -2.55. The van der Waals surface area contributed by atoms with Crippen LogP contribution in [-0.4, -0.2) is 100 Å². The Morgan fingerprint density at radius 1 is 0.873 bits per heavy atom. The molecule has 0 aliphatic carbocycles. The van der Waals surface area contributed by atoms with Gasteiger partial charge < -0.3 is 43.5 Å². The Labute approximate surface area is 412 Å². The molecule has 2 N–H and O–H groups in total. The second kappa shape index (κ2) is 21.3. The third-order valence-electron chi connectivity index (χ3n) is 13.2. The Hall–Kier alpha value is -6.76. The lowest BCUT2D eigenvalue weighted by molar-refractivity contribution is -0.117. The predicted octanol–water partition coefficient (Wildman–Crippen LogP) is 10.4. The summed E-state index contributed by atoms with van der Waals surface area (Å²) in [7, 11) is -2.55. The van der Waals surface area contributed by atoms with Crippen LogP contribution in [0.3, 0.4) is 0 Å². The van der Waals surface area contributed by atoms with Gasteiger partial charge in [-0.1, -0.05) is 48.2 Å². The molecule has 4 heterocycles. The molecule has 1 amide bonds. The zero-order valence-corrected chi connectivity index (χ0v) is 40.7. The Morgan fingerprint density at radius 2 is 1.58 bits per heavy atom. The summed E-state index contributed by atoms with van der Waals surface area (Å²) in [4.78, 5) is 38.0. The highest BCUT2D eigenvalue weighted by Gasteiger charge is 2.51. The average Bonchev–Trinajstić information content (AvgIpc) is 4.12. The molecular formula is C53H58F3N7O7S. The number of benzene rings is 5. The highest BCUT2D eigenvalue weighted by Crippen LogP contribution is 2.65. The van der Waals surface area contributed by atoms with Crippen molar-refractivity contribution < 1.29 is 46.8 Å². The number of rotatable bonds is 19. The number of nitrogens with zero attached hydrogens (tertiary/aromatic N) is 6. The normalized spacial score (nSPS) is 22.2. The fraction of sp³-hybridized carbons (Fsp3) is 0.358. The number of halogens is 3. The summed E-state index contributed by atoms with van der Waals surface area (Å²) in [6, 6.07) is 30.2. The number of carbonyl (C=O) groups is 2. The summed E-state index contributed by atoms with van der Waals surface area (Å²) in [6.07, 6.45) is 4.88. The first-order valence-electron chi connectivity index (χ1n) is 23.9. The van der Waals surface area contributed by atoms with Gasteiger partial charge in [-0.15, -0.1) is 0 Å². The third kappa shape index (κ3) is 10.6. The quantitative estimate of drug-likeness (QED) is 0.0746. The van der Waals surface area contributed by atoms with Crippen LogP contribution >= 0.6 is 10.2 Å². The van der Waals surface area contributed by atoms with E-state index in [0.717, 1.165) is 73.3 Å². The van der Waals surface area contributed by atoms with Gasteiger partial charge in [0.2, 0.25) is 0 Å². The average molecular weight is 994 g/mol. The summed E-state index contributed by atoms with van der Waals surface area (Å²) < 4.78 is 73.7. The van der Waals surface area contributed by atoms with Gasteiger partial charge in [-0.2, -0.15) is 5.10 Å². The summed E-state index contributed by atoms with van der Waals surface area (Å²) in [5.41, 5.74) is 2.38. The highest BCUT2D eigenvalue weighted by atomic mass is 32.3. The number of amides is 1. The fourth-order valence-corrected chi connectivity index (χ4v) is 13.0. The van der Waals surface area contributed by atoms with Crippen molar-refractivity contribution in [3.05, 3.63) is 156 Å². The van der Waals surface area contributed by atoms with Gasteiger partial charge in [-0.3, -0.25) is 4.79 Å². The van der Waals surface area contributed by atoms with Crippen LogP contribution in [0, 0.1) is 17.5 Å². The second-order valence-corrected chi connectivity index (χ2v) is 21.1. The Morgan fingerprint density at radius 3 is 2.20 bits per heavy atom. The van der Waals surface area contributed by atoms with Crippen molar-refractivity contribution in [1.29, 1.82) is 0 Å². The summed E-state index contributed by atoms with van der Waals surface area (Å²) in [5.74, 6) is -1.82. The smallest absolute Gasteiger partial charge is 0.335 e. The number of nitrogens with one attached hydrogen (secondary N) is 1. The van der Waals surface area contributed by atoms with Crippen molar-refractivity contribution in [2.75, 3.05) is 66.3 Å². The Bertz CT molecular complexity index is 2780. The number of carboxylic acid groups (broad SMARTS) is 1. The molecule has 5 aromatic carbocycles. The van der Waals surface area contributed by atoms with E-state index in [1.807, 2.05) is 55.1 Å². The predicted molar refractivity (Wildman–Crippen MR) is 266 cm³/mol. The maximum absolute atomic E-state index is 15.6. The van der Waals surface area contributed by atoms with Gasteiger partial charge in [0.1, 0.15) is 42.2 Å². The molecule has 0 spiro atoms. The fourth-order valence-electron chi connectivity index (χ4n) is 9.53. The van der Waals surface area contributed by atoms with E-state index in [0.29, 0.717) is 23.8 Å². The van der Waals surface area contributed by atoms with Crippen LogP contribution in [0.2, 0.25) is 0 Å². The number of aromatic nitrogens is 3. The molecule has 3 aliphatic rings. The van der Waals surface area contributed by atoms with Crippen molar-refractivity contribution in [3.63, 3.8) is 0 Å². The molecule has 2 unspecified atom stereocenters. The van der Waals surface area contributed by atoms with E-state index in [-0.39, 0.29) is 54.0 Å². The summed E-state index contributed by atoms with van der Waals surface area (Å²) in [6.45, 7) is 9.58. The van der Waals surface area contributed by atoms with Gasteiger partial charge >= 0.3 is 5.97 Å². The molecule has 1 aromatic heterocycles. The zero-order valence-electron chi connectivity index (χ0n) is 39.9. The minimum absolute atomic E-state index is 0.00405. The molecular weight excluding hydrogens is 936 g/mol. The first kappa shape index (κ1) is 49.2. The van der Waals surface area contributed by atoms with Crippen molar-refractivity contribution >= 4 is 38.5 Å². The minimum Gasteiger partial charge on any atom is -0.491 e. The molecule has 9 rings (SSSR count). The van der Waals surface area contributed by atoms with Gasteiger partial charge in [0.15, 0.2) is 17.9 Å². The molecule has 0 saturated carbocycles. The highest BCUT2D eigenvalue weighted by molar-refractivity contribution is 8.46. The molecule has 71 heavy (non-hydrogen) atoms. The molecule has 3 aliphatic heterocycles. The number of ether oxygens (including phenoxy) is 4. The zero-order chi connectivity index (χ0) is 49.7. The number of hydrogen-bond acceptors (Lipinski definition) is 11. The number of carbonyl (C=O) groups excluding carboxylic acids is 1. The number of unbranched alkanes of at least 4 members (excludes halogenated alkanes) is 2. The summed E-state index contributed by atoms with van der Waals surface area (Å²) in [5, 5.41) is 13.7. The molecule has 6 aromatic rings. The lowest BCUT2D eigenvalue weighted by Crippen LogP contribution is -2.46. The van der Waals surface area contributed by atoms with Crippen LogP contribution < -0.4 is 24.0 Å². The molecule has 4 atom stereocenters. The molecule has 0 bridgehead atoms. The van der Waals surface area contributed by atoms with E-state index in [1.165, 1.54) is 35.5 Å². The number of anilines is 3. The van der Waals surface area contributed by atoms with Crippen molar-refractivity contribution in [3.8, 4) is 11.5 Å². The lowest BCUT2D eigenvalue weighted by Gasteiger charge is -2.38. The molecule has 0 radical (unpaired) electrons. The Balaban J connectivity index is 0.861. The topological polar surface area (TPSA) is 144 Å². The van der Waals surface area contributed by atoms with E-state index < -0.39 is 45.5 Å². The van der Waals surface area contributed by atoms with Gasteiger partial charge in [0.05, 0.1) is 31.4 Å². The van der Waals surface area contributed by atoms with Crippen molar-refractivity contribution in [2.24, 2.45) is 0 Å². The van der Waals surface area contributed by atoms with Crippen LogP contribution in [0.1, 0.15) is 67.6 Å². The van der Waals surface area contributed by atoms with Crippen LogP contribution in [0.4, 0.5) is 35.0 Å². The van der Waals surface area contributed by atoms with Crippen molar-refractivity contribution in [1.82, 2.24) is 19.7 Å². The van der Waals surface area contributed by atoms with E-state index in [1.54, 1.807) is 36.4 Å². The van der Waals surface area contributed by atoms with Crippen LogP contribution in [0.15, 0.2) is 127 Å². The molecule has 18 heteroatoms. The van der Waals surface area contributed by atoms with Crippen LogP contribution in [0.25, 0.3) is 0 Å². The molecule has 3 saturated heterocycles. The van der Waals surface area contributed by atoms with Crippen LogP contribution in [0.5, 0.6) is 11.5 Å². The van der Waals surface area contributed by atoms with Crippen molar-refractivity contribution in [2.45, 2.75) is 75.4 Å². The first-order chi connectivity index (χ1) is 34.3. The molecule has 14 nitrogen and oxygen atoms in total. The first-order valence-corrected chi connectivity index (χ1v) is 25.7. The maximum atomic E-state index is 15.6. The number of piperazine rings is 1. The standard InChI is InChI=1S/C53H58F3N7O7S/c1-4-5-6-27-67-49-22-12-40(29-47(49)56)59-71(31-48(63(36(2)3)52(71)66)37-7-9-38(10-8-37)51(64)65)44-19-15-42(16-20-44)61-25-23-60(24-26-61)41-13-17-43(18-14-41)68-30-50-69-33-53(70-50,32-62-35-57-34-58-62)45-21-11-39(54)28-46(45)55/h7-22,28-29,34-36,48,50,59H,4-6,23-27,30-33H2,1-3H3,(H,64,65)/t48?,50-,53+/m0/s1. The SMILES string of the molecule is CCCCCOc1ccc(NS2(c3ccc(N4CCN(c5ccc(OC[C@H]6OC[C@](Cn7cncn7)(c7ccc(F)cc7F)O6)cc5)CC4)cc3)CC(c3ccc(C(=O)O)cc3)N(C(C)C)C2=O)cc1F. The van der Waals surface area contributed by atoms with Gasteiger partial charge in [0, 0.05) is 77.6 Å². The van der Waals surface area contributed by atoms with E-state index in [2.05, 4.69) is 43.7 Å². The maximum Gasteiger partial charge on any atom is 0.335 e. The lowest BCUT2D eigenvalue weighted by atomic mass is 9.94. The van der Waals surface area contributed by atoms with E-state index >= 15 is 13.6 Å². The van der Waals surface area contributed by atoms with E-state index in [4.69, 9.17) is 18.9 Å². The second-order valence-electron chi connectivity index (χ2n) is 18.3. The number of carboxylic acids is 1. The molecule has 3 fully saturated rings. The monoisotopic (exact) mass is 993 g/mol.